The molecular formula is C21H23NO5. The third kappa shape index (κ3) is 4.22. The van der Waals surface area contributed by atoms with Crippen LogP contribution in [0, 0.1) is 0 Å². The van der Waals surface area contributed by atoms with Gasteiger partial charge in [-0.05, 0) is 54.8 Å². The van der Waals surface area contributed by atoms with Crippen LogP contribution in [-0.2, 0) is 15.0 Å². The second kappa shape index (κ2) is 8.12. The Hall–Kier alpha value is -3.02. The highest BCUT2D eigenvalue weighted by Crippen LogP contribution is 2.43. The zero-order chi connectivity index (χ0) is 19.3. The number of carboxylic acids is 1. The second-order valence-electron chi connectivity index (χ2n) is 6.68. The number of rotatable bonds is 7. The maximum absolute atomic E-state index is 13.2. The number of carboxylic acid groups (broad SMARTS) is 1. The maximum atomic E-state index is 13.2. The van der Waals surface area contributed by atoms with Crippen molar-refractivity contribution in [3.63, 3.8) is 0 Å². The number of hydrogen-bond donors (Lipinski definition) is 2. The molecule has 6 heteroatoms. The fraction of sp³-hybridized carbons (Fsp3) is 0.333. The molecule has 0 aromatic heterocycles. The van der Waals surface area contributed by atoms with Gasteiger partial charge in [0.2, 0.25) is 5.91 Å². The van der Waals surface area contributed by atoms with Crippen LogP contribution in [0.4, 0.5) is 5.69 Å². The summed E-state index contributed by atoms with van der Waals surface area (Å²) < 4.78 is 10.4. The Balaban J connectivity index is 1.77. The first kappa shape index (κ1) is 18.8. The summed E-state index contributed by atoms with van der Waals surface area (Å²) in [6.07, 6.45) is 3.61. The van der Waals surface area contributed by atoms with Crippen molar-refractivity contribution in [2.75, 3.05) is 19.0 Å². The van der Waals surface area contributed by atoms with Crippen LogP contribution in [0.5, 0.6) is 11.5 Å². The van der Waals surface area contributed by atoms with Gasteiger partial charge < -0.3 is 19.9 Å². The fourth-order valence-corrected chi connectivity index (χ4v) is 3.58. The van der Waals surface area contributed by atoms with E-state index >= 15 is 0 Å². The van der Waals surface area contributed by atoms with Crippen molar-refractivity contribution in [3.05, 3.63) is 54.1 Å². The van der Waals surface area contributed by atoms with Gasteiger partial charge in [-0.3, -0.25) is 4.79 Å². The molecule has 0 radical (unpaired) electrons. The van der Waals surface area contributed by atoms with Crippen LogP contribution in [0.2, 0.25) is 0 Å². The summed E-state index contributed by atoms with van der Waals surface area (Å²) in [5.74, 6) is 0.117. The summed E-state index contributed by atoms with van der Waals surface area (Å²) in [5.41, 5.74) is 1.06. The van der Waals surface area contributed by atoms with Crippen molar-refractivity contribution in [1.29, 1.82) is 0 Å². The van der Waals surface area contributed by atoms with Crippen molar-refractivity contribution in [2.45, 2.75) is 31.1 Å². The molecule has 1 saturated carbocycles. The summed E-state index contributed by atoms with van der Waals surface area (Å²) in [5, 5.41) is 11.7. The van der Waals surface area contributed by atoms with E-state index in [1.807, 2.05) is 24.3 Å². The van der Waals surface area contributed by atoms with Gasteiger partial charge in [-0.1, -0.05) is 25.0 Å². The molecule has 0 heterocycles. The van der Waals surface area contributed by atoms with Gasteiger partial charge in [0.25, 0.3) is 0 Å². The van der Waals surface area contributed by atoms with Crippen LogP contribution in [0.25, 0.3) is 0 Å². The van der Waals surface area contributed by atoms with E-state index in [4.69, 9.17) is 14.6 Å². The fourth-order valence-electron chi connectivity index (χ4n) is 3.58. The first-order valence-corrected chi connectivity index (χ1v) is 8.94. The molecule has 0 spiro atoms. The summed E-state index contributed by atoms with van der Waals surface area (Å²) in [6.45, 7) is -0.398. The molecule has 3 rings (SSSR count). The van der Waals surface area contributed by atoms with E-state index in [2.05, 4.69) is 5.32 Å². The number of nitrogens with one attached hydrogen (secondary N) is 1. The molecule has 1 aliphatic rings. The molecule has 2 aromatic rings. The smallest absolute Gasteiger partial charge is 0.341 e. The molecule has 27 heavy (non-hydrogen) atoms. The van der Waals surface area contributed by atoms with Gasteiger partial charge in [-0.15, -0.1) is 0 Å². The number of aliphatic carboxylic acids is 1. The van der Waals surface area contributed by atoms with E-state index in [1.165, 1.54) is 0 Å². The molecule has 2 aromatic carbocycles. The third-order valence-electron chi connectivity index (χ3n) is 4.99. The highest BCUT2D eigenvalue weighted by atomic mass is 16.5. The standard InChI is InChI=1S/C21H23NO5/c1-26-18-6-4-5-15(13-18)21(11-2-3-12-21)20(25)22-16-7-9-17(10-8-16)27-14-19(23)24/h4-10,13H,2-3,11-12,14H2,1H3,(H,22,25)(H,23,24). The van der Waals surface area contributed by atoms with Crippen LogP contribution < -0.4 is 14.8 Å². The number of hydrogen-bond acceptors (Lipinski definition) is 4. The molecule has 0 saturated heterocycles. The number of amides is 1. The first-order valence-electron chi connectivity index (χ1n) is 8.94. The number of anilines is 1. The molecule has 0 unspecified atom stereocenters. The van der Waals surface area contributed by atoms with Crippen molar-refractivity contribution in [2.24, 2.45) is 0 Å². The zero-order valence-electron chi connectivity index (χ0n) is 15.2. The van der Waals surface area contributed by atoms with Gasteiger partial charge in [0, 0.05) is 5.69 Å². The lowest BCUT2D eigenvalue weighted by molar-refractivity contribution is -0.139. The predicted octanol–water partition coefficient (Wildman–Crippen LogP) is 3.61. The third-order valence-corrected chi connectivity index (χ3v) is 4.99. The Kier molecular flexibility index (Phi) is 5.64. The maximum Gasteiger partial charge on any atom is 0.341 e. The molecule has 0 atom stereocenters. The van der Waals surface area contributed by atoms with Crippen molar-refractivity contribution in [3.8, 4) is 11.5 Å². The van der Waals surface area contributed by atoms with E-state index in [9.17, 15) is 9.59 Å². The Morgan fingerprint density at radius 3 is 2.41 bits per heavy atom. The van der Waals surface area contributed by atoms with Crippen LogP contribution in [0.15, 0.2) is 48.5 Å². The molecular weight excluding hydrogens is 346 g/mol. The van der Waals surface area contributed by atoms with Gasteiger partial charge in [0.15, 0.2) is 6.61 Å². The minimum atomic E-state index is -1.03. The minimum absolute atomic E-state index is 0.0348. The Bertz CT molecular complexity index is 810. The summed E-state index contributed by atoms with van der Waals surface area (Å²) in [7, 11) is 1.62. The van der Waals surface area contributed by atoms with Gasteiger partial charge in [-0.2, -0.15) is 0 Å². The number of benzene rings is 2. The molecule has 1 aliphatic carbocycles. The minimum Gasteiger partial charge on any atom is -0.497 e. The van der Waals surface area contributed by atoms with Crippen molar-refractivity contribution < 1.29 is 24.2 Å². The summed E-state index contributed by atoms with van der Waals surface area (Å²) in [6, 6.07) is 14.4. The number of methoxy groups -OCH3 is 1. The Labute approximate surface area is 158 Å². The topological polar surface area (TPSA) is 84.9 Å². The monoisotopic (exact) mass is 369 g/mol. The van der Waals surface area contributed by atoms with E-state index in [-0.39, 0.29) is 5.91 Å². The molecule has 2 N–H and O–H groups in total. The quantitative estimate of drug-likeness (QED) is 0.779. The SMILES string of the molecule is COc1cccc(C2(C(=O)Nc3ccc(OCC(=O)O)cc3)CCCC2)c1. The molecule has 0 bridgehead atoms. The lowest BCUT2D eigenvalue weighted by atomic mass is 9.78. The van der Waals surface area contributed by atoms with Crippen molar-refractivity contribution >= 4 is 17.6 Å². The molecule has 6 nitrogen and oxygen atoms in total. The molecule has 142 valence electrons. The normalized spacial score (nSPS) is 15.1. The highest BCUT2D eigenvalue weighted by Gasteiger charge is 2.42. The number of carbonyl (C=O) groups excluding carboxylic acids is 1. The Morgan fingerprint density at radius 2 is 1.78 bits per heavy atom. The average molecular weight is 369 g/mol. The first-order chi connectivity index (χ1) is 13.0. The van der Waals surface area contributed by atoms with Crippen LogP contribution in [0.1, 0.15) is 31.2 Å². The number of ether oxygens (including phenoxy) is 2. The lowest BCUT2D eigenvalue weighted by Gasteiger charge is -2.28. The molecule has 1 fully saturated rings. The van der Waals surface area contributed by atoms with Crippen LogP contribution in [-0.4, -0.2) is 30.7 Å². The number of carbonyl (C=O) groups is 2. The van der Waals surface area contributed by atoms with Gasteiger partial charge in [0.1, 0.15) is 11.5 Å². The van der Waals surface area contributed by atoms with E-state index in [0.29, 0.717) is 11.4 Å². The second-order valence-corrected chi connectivity index (χ2v) is 6.68. The zero-order valence-corrected chi connectivity index (χ0v) is 15.2. The largest absolute Gasteiger partial charge is 0.497 e. The van der Waals surface area contributed by atoms with Gasteiger partial charge >= 0.3 is 5.97 Å². The van der Waals surface area contributed by atoms with Crippen LogP contribution in [0.3, 0.4) is 0 Å². The predicted molar refractivity (Wildman–Crippen MR) is 101 cm³/mol. The Morgan fingerprint density at radius 1 is 1.07 bits per heavy atom. The van der Waals surface area contributed by atoms with Crippen LogP contribution >= 0.6 is 0 Å². The summed E-state index contributed by atoms with van der Waals surface area (Å²) >= 11 is 0. The highest BCUT2D eigenvalue weighted by molar-refractivity contribution is 5.99. The average Bonchev–Trinajstić information content (AvgIpc) is 3.19. The van der Waals surface area contributed by atoms with Gasteiger partial charge in [-0.25, -0.2) is 4.79 Å². The van der Waals surface area contributed by atoms with E-state index < -0.39 is 18.0 Å². The lowest BCUT2D eigenvalue weighted by Crippen LogP contribution is -2.38. The van der Waals surface area contributed by atoms with E-state index in [1.54, 1.807) is 31.4 Å². The molecule has 0 aliphatic heterocycles. The van der Waals surface area contributed by atoms with Gasteiger partial charge in [0.05, 0.1) is 12.5 Å². The van der Waals surface area contributed by atoms with E-state index in [0.717, 1.165) is 37.0 Å². The summed E-state index contributed by atoms with van der Waals surface area (Å²) in [4.78, 5) is 23.7. The van der Waals surface area contributed by atoms with Crippen molar-refractivity contribution in [1.82, 2.24) is 0 Å². The molecule has 1 amide bonds.